The Kier molecular flexibility index (Phi) is 12.9. The first-order valence-electron chi connectivity index (χ1n) is 20.0. The quantitative estimate of drug-likeness (QED) is 0.189. The average molecular weight is 684 g/mol. The summed E-state index contributed by atoms with van der Waals surface area (Å²) in [6.45, 7) is 1.91. The molecule has 0 bridgehead atoms. The van der Waals surface area contributed by atoms with Crippen molar-refractivity contribution >= 4 is 11.6 Å². The summed E-state index contributed by atoms with van der Waals surface area (Å²) in [5.41, 5.74) is 5.08. The van der Waals surface area contributed by atoms with Crippen molar-refractivity contribution in [1.29, 1.82) is 0 Å². The number of nitrogens with two attached hydrogens (primary N) is 1. The van der Waals surface area contributed by atoms with Gasteiger partial charge in [0.25, 0.3) is 0 Å². The van der Waals surface area contributed by atoms with Crippen LogP contribution in [0.15, 0.2) is 0 Å². The number of ketones is 2. The molecule has 2 aliphatic heterocycles. The molecular formula is C40H65N3O6. The normalized spacial score (nSPS) is 43.7. The molecule has 14 atom stereocenters. The lowest BCUT2D eigenvalue weighted by atomic mass is 9.64. The third-order valence-corrected chi connectivity index (χ3v) is 14.1. The second-order valence-electron chi connectivity index (χ2n) is 17.2. The number of piperidine rings is 2. The number of carbonyl (C=O) groups is 2. The van der Waals surface area contributed by atoms with Gasteiger partial charge < -0.3 is 36.4 Å². The highest BCUT2D eigenvalue weighted by Gasteiger charge is 2.49. The van der Waals surface area contributed by atoms with Gasteiger partial charge in [0.2, 0.25) is 0 Å². The van der Waals surface area contributed by atoms with E-state index in [0.717, 1.165) is 83.7 Å². The van der Waals surface area contributed by atoms with Gasteiger partial charge in [-0.3, -0.25) is 9.59 Å². The van der Waals surface area contributed by atoms with Crippen molar-refractivity contribution in [3.05, 3.63) is 0 Å². The molecule has 0 aromatic heterocycles. The number of nitrogens with one attached hydrogen (secondary N) is 2. The number of carbonyl (C=O) groups excluding carboxylic acids is 2. The van der Waals surface area contributed by atoms with Crippen molar-refractivity contribution in [2.24, 2.45) is 52.6 Å². The molecule has 5 fully saturated rings. The van der Waals surface area contributed by atoms with Crippen molar-refractivity contribution in [3.8, 4) is 11.8 Å². The molecule has 49 heavy (non-hydrogen) atoms. The first-order chi connectivity index (χ1) is 23.6. The fraction of sp³-hybridized carbons (Fsp3) is 0.900. The summed E-state index contributed by atoms with van der Waals surface area (Å²) < 4.78 is 5.67. The van der Waals surface area contributed by atoms with Gasteiger partial charge in [0.05, 0.1) is 30.6 Å². The Morgan fingerprint density at radius 2 is 1.67 bits per heavy atom. The van der Waals surface area contributed by atoms with Crippen LogP contribution in [0.3, 0.4) is 0 Å². The predicted molar refractivity (Wildman–Crippen MR) is 189 cm³/mol. The van der Waals surface area contributed by atoms with Crippen molar-refractivity contribution in [2.75, 3.05) is 20.2 Å². The smallest absolute Gasteiger partial charge is 0.153 e. The Morgan fingerprint density at radius 3 is 2.47 bits per heavy atom. The van der Waals surface area contributed by atoms with Crippen LogP contribution >= 0.6 is 0 Å². The molecule has 0 radical (unpaired) electrons. The third-order valence-electron chi connectivity index (χ3n) is 14.1. The topological polar surface area (TPSA) is 154 Å². The van der Waals surface area contributed by atoms with Crippen LogP contribution in [0.25, 0.3) is 0 Å². The summed E-state index contributed by atoms with van der Waals surface area (Å²) in [4.78, 5) is 26.0. The van der Waals surface area contributed by atoms with Gasteiger partial charge in [-0.05, 0) is 145 Å². The molecule has 276 valence electrons. The average Bonchev–Trinajstić information content (AvgIpc) is 3.14. The Labute approximate surface area is 294 Å². The summed E-state index contributed by atoms with van der Waals surface area (Å²) in [6, 6.07) is 0.361. The monoisotopic (exact) mass is 683 g/mol. The minimum Gasteiger partial charge on any atom is -0.393 e. The van der Waals surface area contributed by atoms with E-state index in [0.29, 0.717) is 80.4 Å². The molecular weight excluding hydrogens is 618 g/mol. The number of Topliss-reactive ketones (excluding diaryl/α,β-unsaturated/α-hetero) is 2. The molecule has 6 unspecified atom stereocenters. The number of fused-ring (bicyclic) bond motifs is 2. The van der Waals surface area contributed by atoms with E-state index in [9.17, 15) is 24.9 Å². The van der Waals surface area contributed by atoms with Crippen molar-refractivity contribution in [2.45, 2.75) is 159 Å². The van der Waals surface area contributed by atoms with Gasteiger partial charge >= 0.3 is 0 Å². The van der Waals surface area contributed by atoms with Gasteiger partial charge in [0.15, 0.2) is 5.78 Å². The molecule has 9 nitrogen and oxygen atoms in total. The molecule has 0 aromatic carbocycles. The number of aliphatic hydroxyl groups is 3. The Morgan fingerprint density at radius 1 is 0.898 bits per heavy atom. The molecule has 6 rings (SSSR count). The molecule has 3 saturated carbocycles. The molecule has 9 heteroatoms. The van der Waals surface area contributed by atoms with E-state index in [-0.39, 0.29) is 35.8 Å². The molecule has 2 heterocycles. The van der Waals surface area contributed by atoms with E-state index < -0.39 is 23.7 Å². The van der Waals surface area contributed by atoms with Gasteiger partial charge in [0, 0.05) is 38.3 Å². The number of aliphatic hydroxyl groups excluding tert-OH is 3. The fourth-order valence-electron chi connectivity index (χ4n) is 10.9. The maximum atomic E-state index is 14.1. The first kappa shape index (κ1) is 37.4. The molecule has 2 saturated heterocycles. The molecule has 6 aliphatic rings. The highest BCUT2D eigenvalue weighted by atomic mass is 16.5. The van der Waals surface area contributed by atoms with Gasteiger partial charge in [0.1, 0.15) is 11.2 Å². The van der Waals surface area contributed by atoms with Crippen LogP contribution in [-0.2, 0) is 14.3 Å². The number of rotatable bonds is 10. The maximum Gasteiger partial charge on any atom is 0.153 e. The molecule has 4 aliphatic carbocycles. The maximum absolute atomic E-state index is 14.1. The van der Waals surface area contributed by atoms with Gasteiger partial charge in [-0.2, -0.15) is 0 Å². The van der Waals surface area contributed by atoms with E-state index >= 15 is 0 Å². The van der Waals surface area contributed by atoms with Crippen molar-refractivity contribution in [3.63, 3.8) is 0 Å². The number of ether oxygens (including phenoxy) is 1. The van der Waals surface area contributed by atoms with E-state index in [2.05, 4.69) is 22.5 Å². The standard InChI is InChI=1S/C40H65N3O6/c1-49-36-21-29-7-11-37(47)40(15-12-25(19-38(40)48)2-3-27-18-30-6-10-32(45)22-34(30)43-24-27)16-13-28(33(29)23-35(36)46)5-9-31(44)8-4-26-14-17-42-39(41)20-26/h25-31,33-36,38-39,42-44,46,48H,2-12,14-15,17-24,41H2,1H3/t25-,26?,27+,28-,29?,30-,31+,33?,34+,35?,36?,38+,39?,40+/m0/s1. The summed E-state index contributed by atoms with van der Waals surface area (Å²) in [7, 11) is 1.65. The van der Waals surface area contributed by atoms with E-state index in [1.807, 2.05) is 0 Å². The second-order valence-corrected chi connectivity index (χ2v) is 17.2. The van der Waals surface area contributed by atoms with Gasteiger partial charge in [-0.25, -0.2) is 0 Å². The highest BCUT2D eigenvalue weighted by molar-refractivity contribution is 5.89. The number of hydrogen-bond acceptors (Lipinski definition) is 9. The second kappa shape index (κ2) is 17.0. The molecule has 0 amide bonds. The summed E-state index contributed by atoms with van der Waals surface area (Å²) >= 11 is 0. The number of hydrogen-bond donors (Lipinski definition) is 6. The lowest BCUT2D eigenvalue weighted by molar-refractivity contribution is -0.135. The Bertz CT molecular complexity index is 1190. The largest absolute Gasteiger partial charge is 0.393 e. The van der Waals surface area contributed by atoms with Crippen molar-refractivity contribution in [1.82, 2.24) is 10.6 Å². The fourth-order valence-corrected chi connectivity index (χ4v) is 10.9. The first-order valence-corrected chi connectivity index (χ1v) is 20.0. The summed E-state index contributed by atoms with van der Waals surface area (Å²) in [5, 5.41) is 40.8. The SMILES string of the molecule is COC1CC2CCC(=O)[C@]3(C#C[C@H](CC[C@H](O)CCC4CCNC(N)C4)C2CC1O)CC[C@H](CC[C@H]1CN[C@@H]2CC(=O)CC[C@H]2C1)C[C@H]3O. The molecule has 1 spiro atoms. The zero-order chi connectivity index (χ0) is 34.5. The highest BCUT2D eigenvalue weighted by Crippen LogP contribution is 2.47. The van der Waals surface area contributed by atoms with Crippen molar-refractivity contribution < 1.29 is 29.6 Å². The minimum atomic E-state index is -1.03. The van der Waals surface area contributed by atoms with Crippen LogP contribution in [0, 0.1) is 58.7 Å². The predicted octanol–water partition coefficient (Wildman–Crippen LogP) is 3.85. The lowest BCUT2D eigenvalue weighted by Gasteiger charge is -2.42. The van der Waals surface area contributed by atoms with Crippen LogP contribution in [-0.4, -0.2) is 83.7 Å². The third kappa shape index (κ3) is 9.17. The summed E-state index contributed by atoms with van der Waals surface area (Å²) in [6.07, 6.45) is 13.5. The Balaban J connectivity index is 1.09. The zero-order valence-corrected chi connectivity index (χ0v) is 30.0. The van der Waals surface area contributed by atoms with Crippen LogP contribution in [0.5, 0.6) is 0 Å². The van der Waals surface area contributed by atoms with Crippen LogP contribution in [0.2, 0.25) is 0 Å². The van der Waals surface area contributed by atoms with E-state index in [4.69, 9.17) is 10.5 Å². The molecule has 7 N–H and O–H groups in total. The molecule has 0 aromatic rings. The van der Waals surface area contributed by atoms with Gasteiger partial charge in [-0.1, -0.05) is 18.3 Å². The minimum absolute atomic E-state index is 0.0450. The lowest BCUT2D eigenvalue weighted by Crippen LogP contribution is -2.49. The van der Waals surface area contributed by atoms with Crippen LogP contribution < -0.4 is 16.4 Å². The summed E-state index contributed by atoms with van der Waals surface area (Å²) in [5.74, 6) is 9.95. The van der Waals surface area contributed by atoms with Gasteiger partial charge in [-0.15, -0.1) is 0 Å². The Hall–Kier alpha value is -1.38. The van der Waals surface area contributed by atoms with Crippen LogP contribution in [0.4, 0.5) is 0 Å². The van der Waals surface area contributed by atoms with E-state index in [1.54, 1.807) is 7.11 Å². The van der Waals surface area contributed by atoms with E-state index in [1.165, 1.54) is 6.42 Å². The van der Waals surface area contributed by atoms with Crippen LogP contribution in [0.1, 0.15) is 122 Å². The zero-order valence-electron chi connectivity index (χ0n) is 30.0. The number of methoxy groups -OCH3 is 1.